The quantitative estimate of drug-likeness (QED) is 0.676. The number of nitrogens with one attached hydrogen (secondary N) is 1. The standard InChI is InChI=1S/C12H25NO5/c1-6-16-10(17-7-2)9(14)8-13-11(15)18-12(3,4)5/h9-10,14H,6-8H2,1-5H3,(H,13,15). The minimum absolute atomic E-state index is 0.0135. The number of rotatable bonds is 7. The molecule has 1 amide bonds. The SMILES string of the molecule is CCOC(OCC)C(O)CNC(=O)OC(C)(C)C. The molecular weight excluding hydrogens is 238 g/mol. The van der Waals surface area contributed by atoms with Crippen LogP contribution in [-0.2, 0) is 14.2 Å². The lowest BCUT2D eigenvalue weighted by Gasteiger charge is -2.24. The number of carbonyl (C=O) groups excluding carboxylic acids is 1. The number of hydrogen-bond donors (Lipinski definition) is 2. The number of hydrogen-bond acceptors (Lipinski definition) is 5. The summed E-state index contributed by atoms with van der Waals surface area (Å²) in [5.74, 6) is 0. The average Bonchev–Trinajstić information content (AvgIpc) is 2.23. The van der Waals surface area contributed by atoms with Crippen molar-refractivity contribution < 1.29 is 24.1 Å². The third-order valence-electron chi connectivity index (χ3n) is 1.83. The highest BCUT2D eigenvalue weighted by Crippen LogP contribution is 2.07. The van der Waals surface area contributed by atoms with Gasteiger partial charge in [0.05, 0.1) is 6.54 Å². The third kappa shape index (κ3) is 8.27. The Morgan fingerprint density at radius 3 is 2.11 bits per heavy atom. The zero-order valence-electron chi connectivity index (χ0n) is 11.9. The smallest absolute Gasteiger partial charge is 0.407 e. The second-order valence-electron chi connectivity index (χ2n) is 4.73. The van der Waals surface area contributed by atoms with E-state index < -0.39 is 24.1 Å². The lowest BCUT2D eigenvalue weighted by molar-refractivity contribution is -0.187. The van der Waals surface area contributed by atoms with Crippen LogP contribution in [0.4, 0.5) is 4.79 Å². The molecule has 1 unspecified atom stereocenters. The van der Waals surface area contributed by atoms with Crippen molar-refractivity contribution in [1.29, 1.82) is 0 Å². The van der Waals surface area contributed by atoms with E-state index in [4.69, 9.17) is 14.2 Å². The molecule has 0 aromatic carbocycles. The van der Waals surface area contributed by atoms with E-state index in [-0.39, 0.29) is 6.54 Å². The van der Waals surface area contributed by atoms with Gasteiger partial charge in [0.2, 0.25) is 0 Å². The molecule has 0 aliphatic carbocycles. The summed E-state index contributed by atoms with van der Waals surface area (Å²) in [5.41, 5.74) is -0.561. The Labute approximate surface area is 109 Å². The predicted octanol–water partition coefficient (Wildman–Crippen LogP) is 1.27. The third-order valence-corrected chi connectivity index (χ3v) is 1.83. The van der Waals surface area contributed by atoms with Crippen molar-refractivity contribution in [3.8, 4) is 0 Å². The topological polar surface area (TPSA) is 77.0 Å². The first-order chi connectivity index (χ1) is 8.30. The molecule has 0 fully saturated rings. The first-order valence-electron chi connectivity index (χ1n) is 6.18. The molecule has 0 aromatic rings. The summed E-state index contributed by atoms with van der Waals surface area (Å²) >= 11 is 0. The zero-order chi connectivity index (χ0) is 14.2. The molecule has 0 aliphatic rings. The van der Waals surface area contributed by atoms with Crippen LogP contribution in [0.3, 0.4) is 0 Å². The molecule has 0 bridgehead atoms. The minimum Gasteiger partial charge on any atom is -0.444 e. The van der Waals surface area contributed by atoms with Crippen LogP contribution in [0.15, 0.2) is 0 Å². The summed E-state index contributed by atoms with van der Waals surface area (Å²) in [4.78, 5) is 11.4. The van der Waals surface area contributed by atoms with Crippen LogP contribution in [-0.4, -0.2) is 49.0 Å². The molecule has 6 heteroatoms. The Kier molecular flexibility index (Phi) is 7.90. The van der Waals surface area contributed by atoms with Crippen LogP contribution in [0.25, 0.3) is 0 Å². The van der Waals surface area contributed by atoms with Crippen molar-refractivity contribution in [2.24, 2.45) is 0 Å². The highest BCUT2D eigenvalue weighted by atomic mass is 16.7. The molecule has 18 heavy (non-hydrogen) atoms. The molecule has 0 radical (unpaired) electrons. The Morgan fingerprint density at radius 1 is 1.22 bits per heavy atom. The van der Waals surface area contributed by atoms with E-state index in [2.05, 4.69) is 5.32 Å². The van der Waals surface area contributed by atoms with Gasteiger partial charge in [-0.1, -0.05) is 0 Å². The molecule has 0 aromatic heterocycles. The van der Waals surface area contributed by atoms with Gasteiger partial charge in [0.15, 0.2) is 6.29 Å². The first kappa shape index (κ1) is 17.2. The molecule has 1 atom stereocenters. The predicted molar refractivity (Wildman–Crippen MR) is 67.3 cm³/mol. The van der Waals surface area contributed by atoms with Crippen molar-refractivity contribution in [1.82, 2.24) is 5.32 Å². The van der Waals surface area contributed by atoms with Crippen LogP contribution >= 0.6 is 0 Å². The van der Waals surface area contributed by atoms with Crippen LogP contribution in [0.1, 0.15) is 34.6 Å². The number of alkyl carbamates (subject to hydrolysis) is 1. The summed E-state index contributed by atoms with van der Waals surface area (Å²) in [5, 5.41) is 12.3. The Morgan fingerprint density at radius 2 is 1.72 bits per heavy atom. The highest BCUT2D eigenvalue weighted by Gasteiger charge is 2.22. The van der Waals surface area contributed by atoms with Crippen LogP contribution in [0.2, 0.25) is 0 Å². The van der Waals surface area contributed by atoms with E-state index >= 15 is 0 Å². The van der Waals surface area contributed by atoms with Gasteiger partial charge in [-0.2, -0.15) is 0 Å². The molecule has 0 heterocycles. The molecule has 0 aliphatic heterocycles. The summed E-state index contributed by atoms with van der Waals surface area (Å²) in [6.45, 7) is 9.78. The van der Waals surface area contributed by atoms with Gasteiger partial charge in [0.1, 0.15) is 11.7 Å². The fraction of sp³-hybridized carbons (Fsp3) is 0.917. The lowest BCUT2D eigenvalue weighted by atomic mass is 10.2. The summed E-state index contributed by atoms with van der Waals surface area (Å²) in [7, 11) is 0. The number of aliphatic hydroxyl groups is 1. The Balaban J connectivity index is 4.05. The average molecular weight is 263 g/mol. The van der Waals surface area contributed by atoms with Crippen molar-refractivity contribution in [3.63, 3.8) is 0 Å². The van der Waals surface area contributed by atoms with Gasteiger partial charge in [0, 0.05) is 13.2 Å². The van der Waals surface area contributed by atoms with E-state index in [1.807, 2.05) is 0 Å². The van der Waals surface area contributed by atoms with Crippen LogP contribution in [0, 0.1) is 0 Å². The van der Waals surface area contributed by atoms with Gasteiger partial charge < -0.3 is 24.6 Å². The molecule has 108 valence electrons. The van der Waals surface area contributed by atoms with E-state index in [1.54, 1.807) is 34.6 Å². The number of aliphatic hydroxyl groups excluding tert-OH is 1. The van der Waals surface area contributed by atoms with Crippen LogP contribution in [0.5, 0.6) is 0 Å². The van der Waals surface area contributed by atoms with Crippen molar-refractivity contribution in [3.05, 3.63) is 0 Å². The van der Waals surface area contributed by atoms with Gasteiger partial charge in [-0.25, -0.2) is 4.79 Å². The summed E-state index contributed by atoms with van der Waals surface area (Å²) in [6, 6.07) is 0. The molecule has 0 saturated heterocycles. The maximum atomic E-state index is 11.4. The van der Waals surface area contributed by atoms with Crippen molar-refractivity contribution >= 4 is 6.09 Å². The molecule has 6 nitrogen and oxygen atoms in total. The molecule has 0 spiro atoms. The minimum atomic E-state index is -0.933. The number of carbonyl (C=O) groups is 1. The van der Waals surface area contributed by atoms with Crippen molar-refractivity contribution in [2.75, 3.05) is 19.8 Å². The molecule has 0 saturated carbocycles. The highest BCUT2D eigenvalue weighted by molar-refractivity contribution is 5.67. The second kappa shape index (κ2) is 8.29. The summed E-state index contributed by atoms with van der Waals surface area (Å²) in [6.07, 6.45) is -2.25. The zero-order valence-corrected chi connectivity index (χ0v) is 11.9. The monoisotopic (exact) mass is 263 g/mol. The fourth-order valence-corrected chi connectivity index (χ4v) is 1.20. The Bertz CT molecular complexity index is 233. The summed E-state index contributed by atoms with van der Waals surface area (Å²) < 4.78 is 15.5. The van der Waals surface area contributed by atoms with Gasteiger partial charge >= 0.3 is 6.09 Å². The van der Waals surface area contributed by atoms with Gasteiger partial charge in [0.25, 0.3) is 0 Å². The molecule has 0 rings (SSSR count). The number of amides is 1. The van der Waals surface area contributed by atoms with E-state index in [1.165, 1.54) is 0 Å². The van der Waals surface area contributed by atoms with Gasteiger partial charge in [-0.05, 0) is 34.6 Å². The van der Waals surface area contributed by atoms with E-state index in [9.17, 15) is 9.90 Å². The number of ether oxygens (including phenoxy) is 3. The van der Waals surface area contributed by atoms with Gasteiger partial charge in [-0.15, -0.1) is 0 Å². The first-order valence-corrected chi connectivity index (χ1v) is 6.18. The maximum absolute atomic E-state index is 11.4. The fourth-order valence-electron chi connectivity index (χ4n) is 1.20. The van der Waals surface area contributed by atoms with Crippen molar-refractivity contribution in [2.45, 2.75) is 52.6 Å². The molecule has 2 N–H and O–H groups in total. The van der Waals surface area contributed by atoms with Crippen LogP contribution < -0.4 is 5.32 Å². The van der Waals surface area contributed by atoms with Gasteiger partial charge in [-0.3, -0.25) is 0 Å². The largest absolute Gasteiger partial charge is 0.444 e. The Hall–Kier alpha value is -0.850. The second-order valence-corrected chi connectivity index (χ2v) is 4.73. The maximum Gasteiger partial charge on any atom is 0.407 e. The van der Waals surface area contributed by atoms with E-state index in [0.29, 0.717) is 13.2 Å². The normalized spacial score (nSPS) is 13.5. The van der Waals surface area contributed by atoms with E-state index in [0.717, 1.165) is 0 Å². The lowest BCUT2D eigenvalue weighted by Crippen LogP contribution is -2.43. The molecular formula is C12H25NO5.